The third-order valence-corrected chi connectivity index (χ3v) is 9.94. The molecule has 1 aromatic carbocycles. The fraction of sp³-hybridized carbons (Fsp3) is 0.605. The van der Waals surface area contributed by atoms with Crippen LogP contribution in [0.1, 0.15) is 71.8 Å². The number of carbonyl (C=O) groups excluding carboxylic acids is 3. The number of nitrogens with zero attached hydrogens (tertiary/aromatic N) is 6. The van der Waals surface area contributed by atoms with Crippen LogP contribution in [-0.4, -0.2) is 115 Å². The Labute approximate surface area is 304 Å². The van der Waals surface area contributed by atoms with E-state index in [9.17, 15) is 14.4 Å². The third-order valence-electron chi connectivity index (χ3n) is 9.69. The second-order valence-corrected chi connectivity index (χ2v) is 13.8. The molecular formula is C38H58ClN7O4. The van der Waals surface area contributed by atoms with Crippen LogP contribution in [-0.2, 0) is 20.7 Å². The van der Waals surface area contributed by atoms with Crippen LogP contribution in [0, 0.1) is 0 Å². The molecule has 0 radical (unpaired) electrons. The number of allylic oxidation sites excluding steroid dienone is 1. The second kappa shape index (κ2) is 19.6. The van der Waals surface area contributed by atoms with Crippen LogP contribution in [0.3, 0.4) is 0 Å². The molecule has 2 heterocycles. The molecule has 276 valence electrons. The minimum absolute atomic E-state index is 0.0110. The fourth-order valence-corrected chi connectivity index (χ4v) is 7.42. The summed E-state index contributed by atoms with van der Waals surface area (Å²) in [6.07, 6.45) is 8.69. The van der Waals surface area contributed by atoms with Gasteiger partial charge in [-0.15, -0.1) is 0 Å². The van der Waals surface area contributed by atoms with Crippen molar-refractivity contribution in [2.45, 2.75) is 96.4 Å². The molecule has 3 aliphatic rings. The minimum atomic E-state index is -0.881. The Morgan fingerprint density at radius 3 is 2.22 bits per heavy atom. The van der Waals surface area contributed by atoms with Crippen LogP contribution in [0.5, 0.6) is 0 Å². The lowest BCUT2D eigenvalue weighted by Crippen LogP contribution is -2.63. The molecule has 0 spiro atoms. The highest BCUT2D eigenvalue weighted by atomic mass is 35.5. The lowest BCUT2D eigenvalue weighted by molar-refractivity contribution is -0.140. The van der Waals surface area contributed by atoms with Crippen LogP contribution in [0.4, 0.5) is 4.79 Å². The zero-order chi connectivity index (χ0) is 36.8. The summed E-state index contributed by atoms with van der Waals surface area (Å²) in [6.45, 7) is 18.9. The predicted octanol–water partition coefficient (Wildman–Crippen LogP) is 6.46. The van der Waals surface area contributed by atoms with Crippen molar-refractivity contribution in [1.82, 2.24) is 25.0 Å². The van der Waals surface area contributed by atoms with Gasteiger partial charge in [0.1, 0.15) is 12.1 Å². The summed E-state index contributed by atoms with van der Waals surface area (Å²) in [7, 11) is 3.65. The van der Waals surface area contributed by atoms with Gasteiger partial charge in [-0.1, -0.05) is 87.4 Å². The molecule has 1 saturated heterocycles. The van der Waals surface area contributed by atoms with Gasteiger partial charge in [0.25, 0.3) is 0 Å². The number of hydrogen-bond acceptors (Lipinski definition) is 7. The number of amides is 3. The Morgan fingerprint density at radius 2 is 1.66 bits per heavy atom. The first-order valence-corrected chi connectivity index (χ1v) is 18.4. The molecule has 1 aliphatic carbocycles. The largest absolute Gasteiger partial charge is 0.447 e. The first-order valence-electron chi connectivity index (χ1n) is 18.0. The molecular weight excluding hydrogens is 654 g/mol. The van der Waals surface area contributed by atoms with Crippen molar-refractivity contribution < 1.29 is 19.1 Å². The van der Waals surface area contributed by atoms with Gasteiger partial charge in [-0.3, -0.25) is 24.4 Å². The third kappa shape index (κ3) is 10.7. The van der Waals surface area contributed by atoms with Gasteiger partial charge in [0.15, 0.2) is 0 Å². The van der Waals surface area contributed by atoms with Crippen LogP contribution in [0.25, 0.3) is 0 Å². The van der Waals surface area contributed by atoms with Crippen molar-refractivity contribution in [3.05, 3.63) is 71.3 Å². The van der Waals surface area contributed by atoms with Gasteiger partial charge in [0.05, 0.1) is 26.2 Å². The van der Waals surface area contributed by atoms with Crippen LogP contribution in [0.15, 0.2) is 71.1 Å². The number of nitrogens with one attached hydrogen (secondary N) is 1. The minimum Gasteiger partial charge on any atom is -0.447 e. The Bertz CT molecular complexity index is 1370. The second-order valence-electron chi connectivity index (χ2n) is 13.3. The molecule has 2 fully saturated rings. The van der Waals surface area contributed by atoms with Crippen molar-refractivity contribution in [1.29, 1.82) is 0 Å². The summed E-state index contributed by atoms with van der Waals surface area (Å²) < 4.78 is 5.51. The SMILES string of the molecule is C=CC1=C(C=C)CN(C(=O)OC(C)C)C(C(=O)NC(Cc2ccc(Cl)cc2)C(=O)N2CCN(C3(CN(C)N=NC)CCCCC3)CC2)C1.CC. The molecule has 11 nitrogen and oxygen atoms in total. The van der Waals surface area contributed by atoms with Gasteiger partial charge in [0.2, 0.25) is 11.8 Å². The number of hydrogen-bond donors (Lipinski definition) is 1. The van der Waals surface area contributed by atoms with Crippen molar-refractivity contribution in [3.63, 3.8) is 0 Å². The molecule has 3 amide bonds. The first-order chi connectivity index (χ1) is 24.0. The lowest BCUT2D eigenvalue weighted by atomic mass is 9.79. The molecule has 1 saturated carbocycles. The Balaban J connectivity index is 0.00000332. The molecule has 2 unspecified atom stereocenters. The summed E-state index contributed by atoms with van der Waals surface area (Å²) in [5.41, 5.74) is 2.49. The molecule has 50 heavy (non-hydrogen) atoms. The number of rotatable bonds is 12. The van der Waals surface area contributed by atoms with E-state index in [0.29, 0.717) is 18.1 Å². The zero-order valence-corrected chi connectivity index (χ0v) is 31.8. The van der Waals surface area contributed by atoms with E-state index in [1.54, 1.807) is 45.2 Å². The van der Waals surface area contributed by atoms with E-state index >= 15 is 0 Å². The van der Waals surface area contributed by atoms with Gasteiger partial charge < -0.3 is 15.0 Å². The molecule has 2 atom stereocenters. The highest BCUT2D eigenvalue weighted by molar-refractivity contribution is 6.30. The standard InChI is InChI=1S/C36H52ClN7O4.C2H6/c1-7-28-23-32(44(24-29(28)8-2)35(47)48-26(3)4)33(45)39-31(22-27-12-14-30(37)15-13-27)34(46)42-18-20-43(21-19-42)36(16-10-9-11-17-36)25-41(6)40-38-5;1-2/h7-8,12-15,26,31-32H,1-2,9-11,16-25H2,3-6H3,(H,39,45);1-2H3. The molecule has 12 heteroatoms. The van der Waals surface area contributed by atoms with Crippen LogP contribution >= 0.6 is 11.6 Å². The summed E-state index contributed by atoms with van der Waals surface area (Å²) in [5, 5.41) is 13.8. The number of ether oxygens (including phenoxy) is 1. The Morgan fingerprint density at radius 1 is 1.04 bits per heavy atom. The normalized spacial score (nSPS) is 20.1. The fourth-order valence-electron chi connectivity index (χ4n) is 7.29. The van der Waals surface area contributed by atoms with E-state index in [4.69, 9.17) is 16.3 Å². The van der Waals surface area contributed by atoms with E-state index in [2.05, 4.69) is 33.7 Å². The van der Waals surface area contributed by atoms with Crippen molar-refractivity contribution in [3.8, 4) is 0 Å². The van der Waals surface area contributed by atoms with E-state index in [1.807, 2.05) is 42.9 Å². The van der Waals surface area contributed by atoms with Crippen molar-refractivity contribution in [2.24, 2.45) is 10.3 Å². The summed E-state index contributed by atoms with van der Waals surface area (Å²) in [5.74, 6) is -0.565. The summed E-state index contributed by atoms with van der Waals surface area (Å²) in [4.78, 5) is 47.4. The summed E-state index contributed by atoms with van der Waals surface area (Å²) >= 11 is 6.16. The topological polar surface area (TPSA) is 110 Å². The Kier molecular flexibility index (Phi) is 16.0. The predicted molar refractivity (Wildman–Crippen MR) is 200 cm³/mol. The first kappa shape index (κ1) is 40.7. The number of carbonyl (C=O) groups is 3. The molecule has 1 aromatic rings. The molecule has 0 aromatic heterocycles. The average Bonchev–Trinajstić information content (AvgIpc) is 3.12. The number of benzene rings is 1. The smallest absolute Gasteiger partial charge is 0.411 e. The monoisotopic (exact) mass is 711 g/mol. The maximum Gasteiger partial charge on any atom is 0.411 e. The van der Waals surface area contributed by atoms with Crippen molar-refractivity contribution >= 4 is 29.5 Å². The maximum atomic E-state index is 14.3. The van der Waals surface area contributed by atoms with Crippen LogP contribution < -0.4 is 5.32 Å². The highest BCUT2D eigenvalue weighted by Crippen LogP contribution is 2.35. The Hall–Kier alpha value is -3.70. The molecule has 2 aliphatic heterocycles. The van der Waals surface area contributed by atoms with Crippen LogP contribution in [0.2, 0.25) is 5.02 Å². The van der Waals surface area contributed by atoms with Gasteiger partial charge in [-0.25, -0.2) is 4.79 Å². The van der Waals surface area contributed by atoms with E-state index in [1.165, 1.54) is 24.2 Å². The quantitative estimate of drug-likeness (QED) is 0.197. The molecule has 4 rings (SSSR count). The summed E-state index contributed by atoms with van der Waals surface area (Å²) in [6, 6.07) is 5.57. The zero-order valence-electron chi connectivity index (χ0n) is 31.0. The number of piperazine rings is 1. The van der Waals surface area contributed by atoms with E-state index in [-0.39, 0.29) is 36.9 Å². The van der Waals surface area contributed by atoms with E-state index < -0.39 is 24.1 Å². The molecule has 1 N–H and O–H groups in total. The van der Waals surface area contributed by atoms with Gasteiger partial charge in [-0.2, -0.15) is 5.11 Å². The van der Waals surface area contributed by atoms with Gasteiger partial charge in [-0.05, 0) is 55.5 Å². The van der Waals surface area contributed by atoms with Gasteiger partial charge in [0, 0.05) is 56.6 Å². The molecule has 0 bridgehead atoms. The maximum absolute atomic E-state index is 14.3. The lowest BCUT2D eigenvalue weighted by Gasteiger charge is -2.50. The number of halogens is 1. The van der Waals surface area contributed by atoms with Crippen molar-refractivity contribution in [2.75, 3.05) is 53.4 Å². The average molecular weight is 712 g/mol. The van der Waals surface area contributed by atoms with Gasteiger partial charge >= 0.3 is 6.09 Å². The van der Waals surface area contributed by atoms with E-state index in [0.717, 1.165) is 49.2 Å². The number of likely N-dealkylation sites (N-methyl/N-ethyl adjacent to an activating group) is 1. The highest BCUT2D eigenvalue weighted by Gasteiger charge is 2.42.